The van der Waals surface area contributed by atoms with Crippen molar-refractivity contribution >= 4 is 32.9 Å². The summed E-state index contributed by atoms with van der Waals surface area (Å²) in [7, 11) is -2.98. The van der Waals surface area contributed by atoms with Crippen LogP contribution in [0.1, 0.15) is 23.8 Å². The Labute approximate surface area is 133 Å². The molecule has 2 aromatic rings. The van der Waals surface area contributed by atoms with E-state index in [0.29, 0.717) is 25.1 Å². The molecule has 1 fully saturated rings. The predicted molar refractivity (Wildman–Crippen MR) is 85.8 cm³/mol. The van der Waals surface area contributed by atoms with Crippen molar-refractivity contribution in [2.75, 3.05) is 16.8 Å². The van der Waals surface area contributed by atoms with E-state index < -0.39 is 9.84 Å². The molecule has 1 N–H and O–H groups in total. The van der Waals surface area contributed by atoms with Crippen LogP contribution in [0, 0.1) is 0 Å². The van der Waals surface area contributed by atoms with Gasteiger partial charge in [-0.2, -0.15) is 5.10 Å². The van der Waals surface area contributed by atoms with Crippen LogP contribution in [0.2, 0.25) is 0 Å². The van der Waals surface area contributed by atoms with E-state index in [0.717, 1.165) is 0 Å². The minimum Gasteiger partial charge on any atom is -0.311 e. The van der Waals surface area contributed by atoms with Crippen LogP contribution in [0.3, 0.4) is 0 Å². The van der Waals surface area contributed by atoms with Gasteiger partial charge in [0.15, 0.2) is 9.84 Å². The molecule has 6 nitrogen and oxygen atoms in total. The lowest BCUT2D eigenvalue weighted by molar-refractivity contribution is -0.116. The molecule has 1 atom stereocenters. The molecule has 118 valence electrons. The lowest BCUT2D eigenvalue weighted by Gasteiger charge is -2.13. The molecule has 3 heterocycles. The number of anilines is 1. The van der Waals surface area contributed by atoms with Crippen molar-refractivity contribution in [2.45, 2.75) is 25.3 Å². The molecular weight excluding hydrogens is 322 g/mol. The molecule has 1 saturated heterocycles. The Morgan fingerprint density at radius 2 is 2.32 bits per heavy atom. The highest BCUT2D eigenvalue weighted by molar-refractivity contribution is 7.91. The first-order valence-corrected chi connectivity index (χ1v) is 9.80. The van der Waals surface area contributed by atoms with Crippen molar-refractivity contribution in [3.63, 3.8) is 0 Å². The first kappa shape index (κ1) is 15.2. The summed E-state index contributed by atoms with van der Waals surface area (Å²) in [4.78, 5) is 13.2. The molecule has 2 aromatic heterocycles. The van der Waals surface area contributed by atoms with Crippen molar-refractivity contribution in [1.82, 2.24) is 9.78 Å². The van der Waals surface area contributed by atoms with Crippen LogP contribution in [0.5, 0.6) is 0 Å². The molecular formula is C14H17N3O3S2. The van der Waals surface area contributed by atoms with Crippen molar-refractivity contribution < 1.29 is 13.2 Å². The number of carbonyl (C=O) groups excluding carboxylic acids is 1. The number of rotatable bonds is 5. The fourth-order valence-corrected chi connectivity index (χ4v) is 4.97. The summed E-state index contributed by atoms with van der Waals surface area (Å²) < 4.78 is 24.8. The number of carbonyl (C=O) groups is 1. The number of hydrogen-bond acceptors (Lipinski definition) is 5. The van der Waals surface area contributed by atoms with Gasteiger partial charge in [0, 0.05) is 17.4 Å². The standard InChI is InChI=1S/C14H17N3O3S2/c18-14(4-3-12-2-1-8-21-12)16-13-5-7-15-17(13)11-6-9-22(19,20)10-11/h1-2,5,7-8,11H,3-4,6,9-10H2,(H,16,18)/t11-/m1/s1. The van der Waals surface area contributed by atoms with Gasteiger partial charge < -0.3 is 5.32 Å². The maximum absolute atomic E-state index is 12.0. The average Bonchev–Trinajstić information content (AvgIpc) is 3.17. The first-order chi connectivity index (χ1) is 10.5. The molecule has 0 unspecified atom stereocenters. The molecule has 3 rings (SSSR count). The minimum absolute atomic E-state index is 0.0870. The Balaban J connectivity index is 1.61. The predicted octanol–water partition coefficient (Wildman–Crippen LogP) is 1.88. The second-order valence-electron chi connectivity index (χ2n) is 5.35. The van der Waals surface area contributed by atoms with Gasteiger partial charge in [-0.1, -0.05) is 6.07 Å². The third-order valence-electron chi connectivity index (χ3n) is 3.67. The number of nitrogens with one attached hydrogen (secondary N) is 1. The second-order valence-corrected chi connectivity index (χ2v) is 8.61. The quantitative estimate of drug-likeness (QED) is 0.902. The number of thiophene rings is 1. The van der Waals surface area contributed by atoms with Crippen LogP contribution < -0.4 is 5.32 Å². The molecule has 0 aliphatic carbocycles. The molecule has 0 saturated carbocycles. The average molecular weight is 339 g/mol. The highest BCUT2D eigenvalue weighted by Gasteiger charge is 2.30. The van der Waals surface area contributed by atoms with E-state index in [9.17, 15) is 13.2 Å². The molecule has 1 aliphatic rings. The third kappa shape index (κ3) is 3.56. The molecule has 0 aromatic carbocycles. The zero-order chi connectivity index (χ0) is 15.6. The van der Waals surface area contributed by atoms with Gasteiger partial charge >= 0.3 is 0 Å². The Morgan fingerprint density at radius 1 is 1.45 bits per heavy atom. The number of aryl methyl sites for hydroxylation is 1. The van der Waals surface area contributed by atoms with Crippen LogP contribution in [-0.2, 0) is 21.1 Å². The third-order valence-corrected chi connectivity index (χ3v) is 6.36. The topological polar surface area (TPSA) is 81.1 Å². The number of sulfone groups is 1. The van der Waals surface area contributed by atoms with Crippen LogP contribution in [0.15, 0.2) is 29.8 Å². The summed E-state index contributed by atoms with van der Waals surface area (Å²) in [6, 6.07) is 5.49. The van der Waals surface area contributed by atoms with Gasteiger partial charge in [-0.25, -0.2) is 13.1 Å². The summed E-state index contributed by atoms with van der Waals surface area (Å²) in [6.07, 6.45) is 3.23. The van der Waals surface area contributed by atoms with E-state index in [1.165, 1.54) is 4.88 Å². The molecule has 0 bridgehead atoms. The maximum atomic E-state index is 12.0. The zero-order valence-electron chi connectivity index (χ0n) is 11.9. The summed E-state index contributed by atoms with van der Waals surface area (Å²) in [5, 5.41) is 8.98. The van der Waals surface area contributed by atoms with E-state index in [4.69, 9.17) is 0 Å². The largest absolute Gasteiger partial charge is 0.311 e. The van der Waals surface area contributed by atoms with Gasteiger partial charge in [0.05, 0.1) is 23.7 Å². The number of amides is 1. The monoisotopic (exact) mass is 339 g/mol. The van der Waals surface area contributed by atoms with Crippen molar-refractivity contribution in [3.8, 4) is 0 Å². The molecule has 0 spiro atoms. The van der Waals surface area contributed by atoms with Crippen LogP contribution in [-0.4, -0.2) is 35.6 Å². The van der Waals surface area contributed by atoms with Gasteiger partial charge in [0.1, 0.15) is 5.82 Å². The summed E-state index contributed by atoms with van der Waals surface area (Å²) in [5.74, 6) is 0.755. The zero-order valence-corrected chi connectivity index (χ0v) is 13.6. The normalized spacial score (nSPS) is 20.1. The number of aromatic nitrogens is 2. The minimum atomic E-state index is -2.98. The van der Waals surface area contributed by atoms with E-state index in [-0.39, 0.29) is 23.5 Å². The Hall–Kier alpha value is -1.67. The summed E-state index contributed by atoms with van der Waals surface area (Å²) in [6.45, 7) is 0. The molecule has 0 radical (unpaired) electrons. The van der Waals surface area contributed by atoms with E-state index in [1.807, 2.05) is 17.5 Å². The number of nitrogens with zero attached hydrogens (tertiary/aromatic N) is 2. The molecule has 1 amide bonds. The Morgan fingerprint density at radius 3 is 3.00 bits per heavy atom. The number of hydrogen-bond donors (Lipinski definition) is 1. The van der Waals surface area contributed by atoms with Gasteiger partial charge in [0.2, 0.25) is 5.91 Å². The second kappa shape index (κ2) is 6.21. The van der Waals surface area contributed by atoms with E-state index >= 15 is 0 Å². The maximum Gasteiger partial charge on any atom is 0.225 e. The van der Waals surface area contributed by atoms with Crippen LogP contribution in [0.25, 0.3) is 0 Å². The van der Waals surface area contributed by atoms with Crippen molar-refractivity contribution in [1.29, 1.82) is 0 Å². The summed E-state index contributed by atoms with van der Waals surface area (Å²) >= 11 is 1.63. The van der Waals surface area contributed by atoms with Crippen LogP contribution in [0.4, 0.5) is 5.82 Å². The van der Waals surface area contributed by atoms with Crippen molar-refractivity contribution in [3.05, 3.63) is 34.7 Å². The van der Waals surface area contributed by atoms with Crippen LogP contribution >= 0.6 is 11.3 Å². The molecule has 1 aliphatic heterocycles. The lowest BCUT2D eigenvalue weighted by atomic mass is 10.2. The van der Waals surface area contributed by atoms with Crippen molar-refractivity contribution in [2.24, 2.45) is 0 Å². The summed E-state index contributed by atoms with van der Waals surface area (Å²) in [5.41, 5.74) is 0. The highest BCUT2D eigenvalue weighted by Crippen LogP contribution is 2.26. The Bertz CT molecular complexity index is 750. The van der Waals surface area contributed by atoms with E-state index in [1.54, 1.807) is 28.3 Å². The first-order valence-electron chi connectivity index (χ1n) is 7.10. The SMILES string of the molecule is O=C(CCc1cccs1)Nc1ccnn1[C@@H]1CCS(=O)(=O)C1. The van der Waals surface area contributed by atoms with Gasteiger partial charge in [-0.15, -0.1) is 11.3 Å². The smallest absolute Gasteiger partial charge is 0.225 e. The van der Waals surface area contributed by atoms with Gasteiger partial charge in [-0.3, -0.25) is 4.79 Å². The lowest BCUT2D eigenvalue weighted by Crippen LogP contribution is -2.19. The van der Waals surface area contributed by atoms with E-state index in [2.05, 4.69) is 10.4 Å². The highest BCUT2D eigenvalue weighted by atomic mass is 32.2. The Kier molecular flexibility index (Phi) is 4.30. The van der Waals surface area contributed by atoms with Gasteiger partial charge in [-0.05, 0) is 24.3 Å². The molecule has 8 heteroatoms. The fourth-order valence-electron chi connectivity index (χ4n) is 2.57. The van der Waals surface area contributed by atoms with Gasteiger partial charge in [0.25, 0.3) is 0 Å². The molecule has 22 heavy (non-hydrogen) atoms. The fraction of sp³-hybridized carbons (Fsp3) is 0.429.